The number of hydrazone groups is 1. The van der Waals surface area contributed by atoms with Crippen LogP contribution in [0.3, 0.4) is 0 Å². The van der Waals surface area contributed by atoms with E-state index in [-0.39, 0.29) is 4.90 Å². The summed E-state index contributed by atoms with van der Waals surface area (Å²) in [5.41, 5.74) is 4.12. The average Bonchev–Trinajstić information content (AvgIpc) is 2.98. The zero-order chi connectivity index (χ0) is 17.2. The lowest BCUT2D eigenvalue weighted by atomic mass is 10.1. The van der Waals surface area contributed by atoms with Crippen LogP contribution in [0.15, 0.2) is 58.7 Å². The molecule has 0 fully saturated rings. The van der Waals surface area contributed by atoms with E-state index in [0.29, 0.717) is 0 Å². The molecule has 0 aliphatic carbocycles. The third-order valence-electron chi connectivity index (χ3n) is 3.92. The summed E-state index contributed by atoms with van der Waals surface area (Å²) in [4.78, 5) is 5.67. The van der Waals surface area contributed by atoms with Crippen LogP contribution in [0, 0.1) is 6.92 Å². The Morgan fingerprint density at radius 2 is 1.92 bits per heavy atom. The predicted octanol–water partition coefficient (Wildman–Crippen LogP) is 3.35. The summed E-state index contributed by atoms with van der Waals surface area (Å²) in [6.07, 6.45) is 4.27. The maximum atomic E-state index is 12.2. The zero-order valence-corrected chi connectivity index (χ0v) is 14.4. The molecule has 0 amide bonds. The Morgan fingerprint density at radius 1 is 1.17 bits per heavy atom. The van der Waals surface area contributed by atoms with Crippen LogP contribution in [0.4, 0.5) is 0 Å². The summed E-state index contributed by atoms with van der Waals surface area (Å²) < 4.78 is 24.4. The van der Waals surface area contributed by atoms with Crippen molar-refractivity contribution in [1.29, 1.82) is 0 Å². The molecule has 2 aromatic carbocycles. The summed E-state index contributed by atoms with van der Waals surface area (Å²) in [5.74, 6) is 0. The van der Waals surface area contributed by atoms with Gasteiger partial charge in [0.05, 0.1) is 11.1 Å². The van der Waals surface area contributed by atoms with E-state index in [1.807, 2.05) is 25.3 Å². The molecule has 3 aromatic rings. The van der Waals surface area contributed by atoms with E-state index in [9.17, 15) is 8.42 Å². The number of nitrogens with one attached hydrogen (secondary N) is 2. The van der Waals surface area contributed by atoms with Gasteiger partial charge in [-0.25, -0.2) is 4.83 Å². The summed E-state index contributed by atoms with van der Waals surface area (Å²) in [6.45, 7) is 4.00. The summed E-state index contributed by atoms with van der Waals surface area (Å²) in [6, 6.07) is 12.7. The molecule has 6 heteroatoms. The van der Waals surface area contributed by atoms with Gasteiger partial charge in [-0.15, -0.1) is 0 Å². The number of aryl methyl sites for hydroxylation is 2. The summed E-state index contributed by atoms with van der Waals surface area (Å²) in [5, 5.41) is 4.93. The van der Waals surface area contributed by atoms with Gasteiger partial charge in [-0.1, -0.05) is 42.8 Å². The number of hydrogen-bond acceptors (Lipinski definition) is 3. The Bertz CT molecular complexity index is 987. The van der Waals surface area contributed by atoms with E-state index in [0.717, 1.165) is 28.5 Å². The number of H-pyrrole nitrogens is 1. The Kier molecular flexibility index (Phi) is 4.40. The summed E-state index contributed by atoms with van der Waals surface area (Å²) in [7, 11) is -3.65. The van der Waals surface area contributed by atoms with Crippen LogP contribution in [0.1, 0.15) is 23.6 Å². The number of benzene rings is 2. The molecule has 1 heterocycles. The van der Waals surface area contributed by atoms with Gasteiger partial charge in [0.15, 0.2) is 0 Å². The molecular weight excluding hydrogens is 322 g/mol. The summed E-state index contributed by atoms with van der Waals surface area (Å²) >= 11 is 0. The molecule has 2 N–H and O–H groups in total. The van der Waals surface area contributed by atoms with E-state index >= 15 is 0 Å². The molecule has 0 aliphatic rings. The van der Waals surface area contributed by atoms with E-state index in [4.69, 9.17) is 0 Å². The number of fused-ring (bicyclic) bond motifs is 1. The second-order valence-corrected chi connectivity index (χ2v) is 7.26. The zero-order valence-electron chi connectivity index (χ0n) is 13.6. The molecule has 5 nitrogen and oxygen atoms in total. The van der Waals surface area contributed by atoms with Crippen LogP contribution in [-0.2, 0) is 16.4 Å². The fraction of sp³-hybridized carbons (Fsp3) is 0.167. The van der Waals surface area contributed by atoms with Crippen molar-refractivity contribution >= 4 is 27.1 Å². The molecule has 0 aliphatic heterocycles. The van der Waals surface area contributed by atoms with Crippen molar-refractivity contribution in [3.63, 3.8) is 0 Å². The number of para-hydroxylation sites is 1. The Labute approximate surface area is 141 Å². The van der Waals surface area contributed by atoms with Gasteiger partial charge in [-0.2, -0.15) is 13.5 Å². The highest BCUT2D eigenvalue weighted by Gasteiger charge is 2.12. The molecule has 0 saturated heterocycles. The van der Waals surface area contributed by atoms with Gasteiger partial charge >= 0.3 is 0 Å². The molecule has 24 heavy (non-hydrogen) atoms. The first-order valence-electron chi connectivity index (χ1n) is 7.72. The van der Waals surface area contributed by atoms with E-state index in [1.54, 1.807) is 24.3 Å². The standard InChI is InChI=1S/C18H19N3O2S/c1-3-14-5-4-6-17-15(11-19-18(14)17)12-20-21-24(22,23)16-9-7-13(2)8-10-16/h4-12,19,21H,3H2,1-2H3/b20-12+. The SMILES string of the molecule is CCc1cccc2c(/C=N/NS(=O)(=O)c3ccc(C)cc3)c[nH]c12. The normalized spacial score (nSPS) is 12.1. The molecule has 0 atom stereocenters. The van der Waals surface area contributed by atoms with Crippen LogP contribution in [0.25, 0.3) is 10.9 Å². The van der Waals surface area contributed by atoms with Crippen LogP contribution < -0.4 is 4.83 Å². The second-order valence-electron chi connectivity index (χ2n) is 5.60. The minimum absolute atomic E-state index is 0.192. The van der Waals surface area contributed by atoms with E-state index < -0.39 is 10.0 Å². The van der Waals surface area contributed by atoms with Gasteiger partial charge in [-0.3, -0.25) is 0 Å². The predicted molar refractivity (Wildman–Crippen MR) is 96.8 cm³/mol. The van der Waals surface area contributed by atoms with Crippen LogP contribution >= 0.6 is 0 Å². The molecule has 1 aromatic heterocycles. The largest absolute Gasteiger partial charge is 0.360 e. The van der Waals surface area contributed by atoms with E-state index in [1.165, 1.54) is 11.8 Å². The number of rotatable bonds is 5. The second kappa shape index (κ2) is 6.49. The Morgan fingerprint density at radius 3 is 2.62 bits per heavy atom. The van der Waals surface area contributed by atoms with Crippen molar-refractivity contribution in [1.82, 2.24) is 9.82 Å². The van der Waals surface area contributed by atoms with Gasteiger partial charge in [-0.05, 0) is 31.0 Å². The maximum absolute atomic E-state index is 12.2. The minimum Gasteiger partial charge on any atom is -0.360 e. The highest BCUT2D eigenvalue weighted by molar-refractivity contribution is 7.89. The molecular formula is C18H19N3O2S. The molecule has 0 unspecified atom stereocenters. The van der Waals surface area contributed by atoms with Crippen molar-refractivity contribution in [2.75, 3.05) is 0 Å². The van der Waals surface area contributed by atoms with Gasteiger partial charge < -0.3 is 4.98 Å². The van der Waals surface area contributed by atoms with E-state index in [2.05, 4.69) is 27.9 Å². The number of sulfonamides is 1. The van der Waals surface area contributed by atoms with Crippen molar-refractivity contribution in [2.45, 2.75) is 25.2 Å². The quantitative estimate of drug-likeness (QED) is 0.552. The van der Waals surface area contributed by atoms with Crippen LogP contribution in [0.2, 0.25) is 0 Å². The fourth-order valence-corrected chi connectivity index (χ4v) is 3.37. The van der Waals surface area contributed by atoms with Crippen molar-refractivity contribution in [3.8, 4) is 0 Å². The third-order valence-corrected chi connectivity index (χ3v) is 5.16. The molecule has 0 bridgehead atoms. The number of nitrogens with zero attached hydrogens (tertiary/aromatic N) is 1. The maximum Gasteiger partial charge on any atom is 0.276 e. The van der Waals surface area contributed by atoms with Crippen LogP contribution in [0.5, 0.6) is 0 Å². The van der Waals surface area contributed by atoms with Crippen LogP contribution in [-0.4, -0.2) is 19.6 Å². The van der Waals surface area contributed by atoms with Gasteiger partial charge in [0.25, 0.3) is 10.0 Å². The van der Waals surface area contributed by atoms with Gasteiger partial charge in [0, 0.05) is 22.7 Å². The highest BCUT2D eigenvalue weighted by atomic mass is 32.2. The van der Waals surface area contributed by atoms with Crippen molar-refractivity contribution in [2.24, 2.45) is 5.10 Å². The molecule has 0 radical (unpaired) electrons. The van der Waals surface area contributed by atoms with Gasteiger partial charge in [0.1, 0.15) is 0 Å². The average molecular weight is 341 g/mol. The van der Waals surface area contributed by atoms with Gasteiger partial charge in [0.2, 0.25) is 0 Å². The molecule has 124 valence electrons. The number of aromatic nitrogens is 1. The van der Waals surface area contributed by atoms with Crippen molar-refractivity contribution < 1.29 is 8.42 Å². The topological polar surface area (TPSA) is 74.3 Å². The lowest BCUT2D eigenvalue weighted by Gasteiger charge is -2.03. The minimum atomic E-state index is -3.65. The first-order chi connectivity index (χ1) is 11.5. The molecule has 0 saturated carbocycles. The monoisotopic (exact) mass is 341 g/mol. The Balaban J connectivity index is 1.83. The third kappa shape index (κ3) is 3.19. The molecule has 3 rings (SSSR count). The number of hydrogen-bond donors (Lipinski definition) is 2. The molecule has 0 spiro atoms. The van der Waals surface area contributed by atoms with Crippen molar-refractivity contribution in [3.05, 3.63) is 65.4 Å². The first-order valence-corrected chi connectivity index (χ1v) is 9.20. The fourth-order valence-electron chi connectivity index (χ4n) is 2.58. The highest BCUT2D eigenvalue weighted by Crippen LogP contribution is 2.21. The lowest BCUT2D eigenvalue weighted by molar-refractivity contribution is 0.584. The lowest BCUT2D eigenvalue weighted by Crippen LogP contribution is -2.18. The Hall–Kier alpha value is -2.60. The number of aromatic amines is 1. The first kappa shape index (κ1) is 16.3. The smallest absolute Gasteiger partial charge is 0.276 e.